The van der Waals surface area contributed by atoms with Gasteiger partial charge in [-0.3, -0.25) is 19.3 Å². The number of hydrogen-bond acceptors (Lipinski definition) is 7. The Bertz CT molecular complexity index is 724. The molecule has 30 heavy (non-hydrogen) atoms. The van der Waals surface area contributed by atoms with E-state index in [1.165, 1.54) is 0 Å². The molecule has 1 aliphatic heterocycles. The Morgan fingerprint density at radius 3 is 2.83 bits per heavy atom. The maximum atomic E-state index is 12.5. The topological polar surface area (TPSA) is 106 Å². The van der Waals surface area contributed by atoms with Crippen LogP contribution >= 0.6 is 0 Å². The molecule has 1 unspecified atom stereocenters. The van der Waals surface area contributed by atoms with E-state index in [1.807, 2.05) is 13.8 Å². The van der Waals surface area contributed by atoms with Gasteiger partial charge in [-0.25, -0.2) is 0 Å². The van der Waals surface area contributed by atoms with Gasteiger partial charge in [-0.05, 0) is 18.1 Å². The number of methoxy groups -OCH3 is 1. The fourth-order valence-corrected chi connectivity index (χ4v) is 2.94. The van der Waals surface area contributed by atoms with Crippen LogP contribution in [-0.4, -0.2) is 75.3 Å². The van der Waals surface area contributed by atoms with Crippen molar-refractivity contribution in [1.82, 2.24) is 10.2 Å². The molecule has 1 heterocycles. The molecule has 1 atom stereocenters. The minimum absolute atomic E-state index is 0.00962. The average molecular weight is 421 g/mol. The molecule has 0 saturated carbocycles. The van der Waals surface area contributed by atoms with Gasteiger partial charge in [0, 0.05) is 32.0 Å². The highest BCUT2D eigenvalue weighted by molar-refractivity contribution is 5.93. The third-order valence-corrected chi connectivity index (χ3v) is 4.40. The second-order valence-corrected chi connectivity index (χ2v) is 7.48. The minimum atomic E-state index is -0.729. The lowest BCUT2D eigenvalue weighted by atomic mass is 10.1. The SMILES string of the molecule is COCCOc1cccc(NC(=O)CN2CCNC(=O)C2CC(=O)OCC(C)C)c1. The fraction of sp³-hybridized carbons (Fsp3) is 0.571. The van der Waals surface area contributed by atoms with Crippen LogP contribution in [0.4, 0.5) is 5.69 Å². The number of rotatable bonds is 11. The first-order valence-corrected chi connectivity index (χ1v) is 10.1. The predicted octanol–water partition coefficient (Wildman–Crippen LogP) is 1.04. The lowest BCUT2D eigenvalue weighted by Crippen LogP contribution is -2.57. The van der Waals surface area contributed by atoms with Crippen LogP contribution in [0, 0.1) is 5.92 Å². The Labute approximate surface area is 177 Å². The molecule has 1 saturated heterocycles. The molecule has 9 nitrogen and oxygen atoms in total. The van der Waals surface area contributed by atoms with Crippen LogP contribution in [0.5, 0.6) is 5.75 Å². The summed E-state index contributed by atoms with van der Waals surface area (Å²) in [5, 5.41) is 5.55. The zero-order chi connectivity index (χ0) is 21.9. The van der Waals surface area contributed by atoms with Crippen LogP contribution < -0.4 is 15.4 Å². The van der Waals surface area contributed by atoms with E-state index in [0.717, 1.165) is 0 Å². The van der Waals surface area contributed by atoms with Crippen molar-refractivity contribution in [2.45, 2.75) is 26.3 Å². The van der Waals surface area contributed by atoms with Crippen molar-refractivity contribution in [3.8, 4) is 5.75 Å². The Morgan fingerprint density at radius 2 is 2.10 bits per heavy atom. The van der Waals surface area contributed by atoms with Crippen LogP contribution in [0.3, 0.4) is 0 Å². The number of hydrogen-bond donors (Lipinski definition) is 2. The predicted molar refractivity (Wildman–Crippen MR) is 111 cm³/mol. The summed E-state index contributed by atoms with van der Waals surface area (Å²) < 4.78 is 15.7. The van der Waals surface area contributed by atoms with Gasteiger partial charge in [0.2, 0.25) is 11.8 Å². The molecule has 166 valence electrons. The van der Waals surface area contributed by atoms with E-state index in [-0.39, 0.29) is 30.7 Å². The number of ether oxygens (including phenoxy) is 3. The normalized spacial score (nSPS) is 16.8. The Balaban J connectivity index is 1.92. The molecule has 0 spiro atoms. The van der Waals surface area contributed by atoms with E-state index < -0.39 is 12.0 Å². The first kappa shape index (κ1) is 23.6. The standard InChI is InChI=1S/C21H31N3O6/c1-15(2)14-30-20(26)12-18-21(27)22-7-8-24(18)13-19(25)23-16-5-4-6-17(11-16)29-10-9-28-3/h4-6,11,15,18H,7-10,12-14H2,1-3H3,(H,22,27)(H,23,25). The Hall–Kier alpha value is -2.65. The molecule has 0 aromatic heterocycles. The van der Waals surface area contributed by atoms with Crippen molar-refractivity contribution in [2.75, 3.05) is 51.9 Å². The molecule has 0 radical (unpaired) electrons. The Morgan fingerprint density at radius 1 is 1.30 bits per heavy atom. The van der Waals surface area contributed by atoms with Gasteiger partial charge in [0.15, 0.2) is 0 Å². The quantitative estimate of drug-likeness (QED) is 0.406. The van der Waals surface area contributed by atoms with Crippen LogP contribution in [0.2, 0.25) is 0 Å². The molecular weight excluding hydrogens is 390 g/mol. The second kappa shape index (κ2) is 12.1. The largest absolute Gasteiger partial charge is 0.491 e. The van der Waals surface area contributed by atoms with Gasteiger partial charge in [-0.2, -0.15) is 0 Å². The van der Waals surface area contributed by atoms with Crippen LogP contribution in [0.15, 0.2) is 24.3 Å². The maximum Gasteiger partial charge on any atom is 0.307 e. The maximum absolute atomic E-state index is 12.5. The first-order valence-electron chi connectivity index (χ1n) is 10.1. The van der Waals surface area contributed by atoms with Crippen molar-refractivity contribution in [3.05, 3.63) is 24.3 Å². The number of piperazine rings is 1. The highest BCUT2D eigenvalue weighted by Crippen LogP contribution is 2.18. The van der Waals surface area contributed by atoms with Gasteiger partial charge in [0.05, 0.1) is 26.2 Å². The fourth-order valence-electron chi connectivity index (χ4n) is 2.94. The summed E-state index contributed by atoms with van der Waals surface area (Å²) in [6.07, 6.45) is -0.0886. The van der Waals surface area contributed by atoms with Crippen molar-refractivity contribution < 1.29 is 28.6 Å². The van der Waals surface area contributed by atoms with Gasteiger partial charge in [-0.1, -0.05) is 19.9 Å². The minimum Gasteiger partial charge on any atom is -0.491 e. The number of benzene rings is 1. The molecule has 0 aliphatic carbocycles. The van der Waals surface area contributed by atoms with E-state index in [1.54, 1.807) is 36.3 Å². The third-order valence-electron chi connectivity index (χ3n) is 4.40. The van der Waals surface area contributed by atoms with Gasteiger partial charge in [-0.15, -0.1) is 0 Å². The highest BCUT2D eigenvalue weighted by Gasteiger charge is 2.33. The lowest BCUT2D eigenvalue weighted by Gasteiger charge is -2.33. The van der Waals surface area contributed by atoms with Crippen LogP contribution in [-0.2, 0) is 23.9 Å². The molecule has 2 amide bonds. The van der Waals surface area contributed by atoms with Crippen molar-refractivity contribution in [1.29, 1.82) is 0 Å². The zero-order valence-electron chi connectivity index (χ0n) is 17.8. The molecule has 9 heteroatoms. The molecule has 1 aromatic rings. The van der Waals surface area contributed by atoms with Crippen molar-refractivity contribution in [3.63, 3.8) is 0 Å². The van der Waals surface area contributed by atoms with E-state index >= 15 is 0 Å². The number of esters is 1. The number of amides is 2. The monoisotopic (exact) mass is 421 g/mol. The summed E-state index contributed by atoms with van der Waals surface area (Å²) in [6, 6.07) is 6.31. The summed E-state index contributed by atoms with van der Waals surface area (Å²) in [6.45, 7) is 5.94. The number of carbonyl (C=O) groups is 3. The molecule has 1 aliphatic rings. The molecule has 2 rings (SSSR count). The van der Waals surface area contributed by atoms with Crippen LogP contribution in [0.1, 0.15) is 20.3 Å². The van der Waals surface area contributed by atoms with Gasteiger partial charge in [0.25, 0.3) is 0 Å². The number of carbonyl (C=O) groups excluding carboxylic acids is 3. The number of nitrogens with one attached hydrogen (secondary N) is 2. The van der Waals surface area contributed by atoms with Gasteiger partial charge >= 0.3 is 5.97 Å². The summed E-state index contributed by atoms with van der Waals surface area (Å²) in [5.74, 6) is -0.168. The highest BCUT2D eigenvalue weighted by atomic mass is 16.5. The first-order chi connectivity index (χ1) is 14.4. The molecule has 1 aromatic carbocycles. The average Bonchev–Trinajstić information content (AvgIpc) is 2.69. The smallest absolute Gasteiger partial charge is 0.307 e. The summed E-state index contributed by atoms with van der Waals surface area (Å²) in [7, 11) is 1.60. The molecule has 2 N–H and O–H groups in total. The van der Waals surface area contributed by atoms with E-state index in [9.17, 15) is 14.4 Å². The molecule has 1 fully saturated rings. The second-order valence-electron chi connectivity index (χ2n) is 7.48. The number of anilines is 1. The van der Waals surface area contributed by atoms with E-state index in [0.29, 0.717) is 44.3 Å². The number of nitrogens with zero attached hydrogens (tertiary/aromatic N) is 1. The summed E-state index contributed by atoms with van der Waals surface area (Å²) >= 11 is 0. The van der Waals surface area contributed by atoms with Gasteiger partial charge < -0.3 is 24.8 Å². The van der Waals surface area contributed by atoms with Crippen molar-refractivity contribution >= 4 is 23.5 Å². The van der Waals surface area contributed by atoms with Crippen LogP contribution in [0.25, 0.3) is 0 Å². The Kier molecular flexibility index (Phi) is 9.56. The lowest BCUT2D eigenvalue weighted by molar-refractivity contribution is -0.149. The van der Waals surface area contributed by atoms with Crippen molar-refractivity contribution in [2.24, 2.45) is 5.92 Å². The molecular formula is C21H31N3O6. The van der Waals surface area contributed by atoms with E-state index in [2.05, 4.69) is 10.6 Å². The van der Waals surface area contributed by atoms with Gasteiger partial charge in [0.1, 0.15) is 18.4 Å². The summed E-state index contributed by atoms with van der Waals surface area (Å²) in [4.78, 5) is 38.6. The summed E-state index contributed by atoms with van der Waals surface area (Å²) in [5.41, 5.74) is 0.587. The van der Waals surface area contributed by atoms with E-state index in [4.69, 9.17) is 14.2 Å². The molecule has 0 bridgehead atoms. The zero-order valence-corrected chi connectivity index (χ0v) is 17.8. The third kappa shape index (κ3) is 8.00.